The van der Waals surface area contributed by atoms with E-state index in [2.05, 4.69) is 10.3 Å². The third kappa shape index (κ3) is 3.88. The van der Waals surface area contributed by atoms with E-state index in [4.69, 9.17) is 9.47 Å². The second kappa shape index (κ2) is 7.21. The lowest BCUT2D eigenvalue weighted by molar-refractivity contribution is 0.102. The molecular formula is C20H20N2O3. The smallest absolute Gasteiger partial charge is 0.255 e. The van der Waals surface area contributed by atoms with E-state index in [0.717, 1.165) is 10.9 Å². The number of benzene rings is 2. The maximum atomic E-state index is 12.5. The SMILES string of the molecule is COc1cc(C(=O)Nc2cnc3ccccc3c2)ccc1OC(C)C. The topological polar surface area (TPSA) is 60.5 Å². The van der Waals surface area contributed by atoms with Crippen LogP contribution in [0.25, 0.3) is 10.9 Å². The van der Waals surface area contributed by atoms with Gasteiger partial charge in [-0.05, 0) is 44.2 Å². The van der Waals surface area contributed by atoms with Gasteiger partial charge >= 0.3 is 0 Å². The molecule has 1 aromatic heterocycles. The number of fused-ring (bicyclic) bond motifs is 1. The zero-order chi connectivity index (χ0) is 17.8. The van der Waals surface area contributed by atoms with Gasteiger partial charge in [0.05, 0.1) is 30.6 Å². The number of nitrogens with one attached hydrogen (secondary N) is 1. The number of ether oxygens (including phenoxy) is 2. The molecule has 0 aliphatic carbocycles. The van der Waals surface area contributed by atoms with Crippen LogP contribution in [0.1, 0.15) is 24.2 Å². The van der Waals surface area contributed by atoms with Crippen LogP contribution in [0.4, 0.5) is 5.69 Å². The van der Waals surface area contributed by atoms with E-state index in [-0.39, 0.29) is 12.0 Å². The average Bonchev–Trinajstić information content (AvgIpc) is 2.61. The Morgan fingerprint density at radius 2 is 1.88 bits per heavy atom. The van der Waals surface area contributed by atoms with Gasteiger partial charge in [-0.15, -0.1) is 0 Å². The molecular weight excluding hydrogens is 316 g/mol. The normalized spacial score (nSPS) is 10.7. The number of pyridine rings is 1. The average molecular weight is 336 g/mol. The molecule has 0 atom stereocenters. The molecule has 1 N–H and O–H groups in total. The summed E-state index contributed by atoms with van der Waals surface area (Å²) in [5.74, 6) is 0.908. The van der Waals surface area contributed by atoms with Crippen molar-refractivity contribution < 1.29 is 14.3 Å². The molecule has 1 amide bonds. The molecule has 0 spiro atoms. The molecule has 0 bridgehead atoms. The van der Waals surface area contributed by atoms with Crippen LogP contribution in [0.15, 0.2) is 54.7 Å². The van der Waals surface area contributed by atoms with Crippen molar-refractivity contribution in [2.45, 2.75) is 20.0 Å². The van der Waals surface area contributed by atoms with Crippen molar-refractivity contribution in [3.8, 4) is 11.5 Å². The van der Waals surface area contributed by atoms with Crippen LogP contribution in [0.3, 0.4) is 0 Å². The highest BCUT2D eigenvalue weighted by atomic mass is 16.5. The molecule has 0 aliphatic heterocycles. The summed E-state index contributed by atoms with van der Waals surface area (Å²) in [6, 6.07) is 14.8. The number of hydrogen-bond acceptors (Lipinski definition) is 4. The van der Waals surface area contributed by atoms with Gasteiger partial charge in [-0.2, -0.15) is 0 Å². The molecule has 0 saturated heterocycles. The first-order valence-electron chi connectivity index (χ1n) is 8.07. The number of carbonyl (C=O) groups excluding carboxylic acids is 1. The lowest BCUT2D eigenvalue weighted by Gasteiger charge is -2.14. The zero-order valence-electron chi connectivity index (χ0n) is 14.4. The van der Waals surface area contributed by atoms with E-state index in [1.54, 1.807) is 31.5 Å². The van der Waals surface area contributed by atoms with Crippen molar-refractivity contribution in [2.75, 3.05) is 12.4 Å². The monoisotopic (exact) mass is 336 g/mol. The van der Waals surface area contributed by atoms with Crippen LogP contribution in [-0.2, 0) is 0 Å². The first-order chi connectivity index (χ1) is 12.1. The molecule has 3 aromatic rings. The van der Waals surface area contributed by atoms with E-state index >= 15 is 0 Å². The summed E-state index contributed by atoms with van der Waals surface area (Å²) in [6.45, 7) is 3.87. The Balaban J connectivity index is 1.82. The minimum atomic E-state index is -0.230. The fourth-order valence-electron chi connectivity index (χ4n) is 2.50. The van der Waals surface area contributed by atoms with Gasteiger partial charge in [-0.25, -0.2) is 0 Å². The van der Waals surface area contributed by atoms with Crippen molar-refractivity contribution in [1.82, 2.24) is 4.98 Å². The van der Waals surface area contributed by atoms with Crippen molar-refractivity contribution in [3.63, 3.8) is 0 Å². The predicted octanol–water partition coefficient (Wildman–Crippen LogP) is 4.28. The van der Waals surface area contributed by atoms with Gasteiger partial charge in [-0.1, -0.05) is 18.2 Å². The number of para-hydroxylation sites is 1. The number of anilines is 1. The summed E-state index contributed by atoms with van der Waals surface area (Å²) in [6.07, 6.45) is 1.67. The van der Waals surface area contributed by atoms with E-state index < -0.39 is 0 Å². The van der Waals surface area contributed by atoms with Gasteiger partial charge in [0.15, 0.2) is 11.5 Å². The third-order valence-corrected chi connectivity index (χ3v) is 3.64. The largest absolute Gasteiger partial charge is 0.493 e. The van der Waals surface area contributed by atoms with Crippen LogP contribution in [0.2, 0.25) is 0 Å². The fraction of sp³-hybridized carbons (Fsp3) is 0.200. The Hall–Kier alpha value is -3.08. The van der Waals surface area contributed by atoms with Crippen LogP contribution in [0, 0.1) is 0 Å². The van der Waals surface area contributed by atoms with Crippen LogP contribution in [0.5, 0.6) is 11.5 Å². The molecule has 25 heavy (non-hydrogen) atoms. The molecule has 128 valence electrons. The maximum absolute atomic E-state index is 12.5. The molecule has 0 fully saturated rings. The lowest BCUT2D eigenvalue weighted by Crippen LogP contribution is -2.13. The van der Waals surface area contributed by atoms with Gasteiger partial charge in [0.25, 0.3) is 5.91 Å². The Morgan fingerprint density at radius 3 is 2.64 bits per heavy atom. The minimum Gasteiger partial charge on any atom is -0.493 e. The number of amides is 1. The third-order valence-electron chi connectivity index (χ3n) is 3.64. The predicted molar refractivity (Wildman–Crippen MR) is 98.5 cm³/mol. The number of hydrogen-bond donors (Lipinski definition) is 1. The van der Waals surface area contributed by atoms with Gasteiger partial charge in [0.2, 0.25) is 0 Å². The summed E-state index contributed by atoms with van der Waals surface area (Å²) < 4.78 is 11.0. The lowest BCUT2D eigenvalue weighted by atomic mass is 10.1. The van der Waals surface area contributed by atoms with E-state index in [9.17, 15) is 4.79 Å². The van der Waals surface area contributed by atoms with E-state index in [1.807, 2.05) is 44.2 Å². The van der Waals surface area contributed by atoms with Crippen molar-refractivity contribution in [1.29, 1.82) is 0 Å². The number of methoxy groups -OCH3 is 1. The highest BCUT2D eigenvalue weighted by Crippen LogP contribution is 2.29. The summed E-state index contributed by atoms with van der Waals surface area (Å²) >= 11 is 0. The number of aromatic nitrogens is 1. The Labute approximate surface area is 146 Å². The van der Waals surface area contributed by atoms with Crippen molar-refractivity contribution in [2.24, 2.45) is 0 Å². The van der Waals surface area contributed by atoms with Gasteiger partial charge < -0.3 is 14.8 Å². The second-order valence-corrected chi connectivity index (χ2v) is 5.90. The summed E-state index contributed by atoms with van der Waals surface area (Å²) in [7, 11) is 1.55. The molecule has 5 nitrogen and oxygen atoms in total. The Bertz CT molecular complexity index is 906. The summed E-state index contributed by atoms with van der Waals surface area (Å²) in [5, 5.41) is 3.83. The minimum absolute atomic E-state index is 0.0252. The molecule has 0 saturated carbocycles. The highest BCUT2D eigenvalue weighted by molar-refractivity contribution is 6.05. The van der Waals surface area contributed by atoms with Gasteiger partial charge in [0, 0.05) is 10.9 Å². The number of carbonyl (C=O) groups is 1. The van der Waals surface area contributed by atoms with Crippen LogP contribution >= 0.6 is 0 Å². The fourth-order valence-corrected chi connectivity index (χ4v) is 2.50. The Kier molecular flexibility index (Phi) is 4.84. The zero-order valence-corrected chi connectivity index (χ0v) is 14.4. The molecule has 0 aliphatic rings. The van der Waals surface area contributed by atoms with Gasteiger partial charge in [-0.3, -0.25) is 9.78 Å². The van der Waals surface area contributed by atoms with Crippen molar-refractivity contribution >= 4 is 22.5 Å². The molecule has 5 heteroatoms. The van der Waals surface area contributed by atoms with E-state index in [1.165, 1.54) is 0 Å². The molecule has 3 rings (SSSR count). The van der Waals surface area contributed by atoms with Crippen molar-refractivity contribution in [3.05, 3.63) is 60.3 Å². The summed E-state index contributed by atoms with van der Waals surface area (Å²) in [4.78, 5) is 16.9. The van der Waals surface area contributed by atoms with Crippen LogP contribution < -0.4 is 14.8 Å². The highest BCUT2D eigenvalue weighted by Gasteiger charge is 2.12. The number of rotatable bonds is 5. The van der Waals surface area contributed by atoms with Gasteiger partial charge in [0.1, 0.15) is 0 Å². The molecule has 1 heterocycles. The first kappa shape index (κ1) is 16.8. The Morgan fingerprint density at radius 1 is 1.08 bits per heavy atom. The summed E-state index contributed by atoms with van der Waals surface area (Å²) in [5.41, 5.74) is 2.02. The molecule has 2 aromatic carbocycles. The first-order valence-corrected chi connectivity index (χ1v) is 8.07. The number of nitrogens with zero attached hydrogens (tertiary/aromatic N) is 1. The molecule has 0 radical (unpaired) electrons. The molecule has 0 unspecified atom stereocenters. The maximum Gasteiger partial charge on any atom is 0.255 e. The quantitative estimate of drug-likeness (QED) is 0.755. The standard InChI is InChI=1S/C20H20N2O3/c1-13(2)25-18-9-8-15(11-19(18)24-3)20(23)22-16-10-14-6-4-5-7-17(14)21-12-16/h4-13H,1-3H3,(H,22,23). The van der Waals surface area contributed by atoms with Crippen LogP contribution in [-0.4, -0.2) is 24.1 Å². The van der Waals surface area contributed by atoms with E-state index in [0.29, 0.717) is 22.7 Å². The second-order valence-electron chi connectivity index (χ2n) is 5.90.